The monoisotopic (exact) mass is 1200 g/mol. The summed E-state index contributed by atoms with van der Waals surface area (Å²) >= 11 is 0. The molecule has 15 rings (SSSR count). The molecule has 0 amide bonds. The van der Waals surface area contributed by atoms with Crippen molar-refractivity contribution in [2.24, 2.45) is 0 Å². The van der Waals surface area contributed by atoms with Gasteiger partial charge in [-0.25, -0.2) is 0 Å². The predicted octanol–water partition coefficient (Wildman–Crippen LogP) is 18.7. The van der Waals surface area contributed by atoms with E-state index in [2.05, 4.69) is 222 Å². The van der Waals surface area contributed by atoms with Crippen molar-refractivity contribution in [3.8, 4) is 34.4 Å². The molecule has 90 heavy (non-hydrogen) atoms. The first-order valence-corrected chi connectivity index (χ1v) is 32.4. The van der Waals surface area contributed by atoms with Crippen LogP contribution in [0.5, 0.6) is 0 Å². The van der Waals surface area contributed by atoms with Crippen LogP contribution in [0.25, 0.3) is 22.3 Å². The van der Waals surface area contributed by atoms with E-state index in [1.54, 1.807) is 0 Å². The van der Waals surface area contributed by atoms with Crippen LogP contribution in [0.1, 0.15) is 190 Å². The van der Waals surface area contributed by atoms with E-state index < -0.39 is 14.0 Å². The SMILES string of the molecule is CB1OC(C)(C)C(C)(C)O1.CC.CC1(C)OB(B2OC(C)(C)C(C)(C)O2)OC1(C)C.CCC#N.CCC#N.c1ccc2c(c1)Cc1ccccc1C21c2ccccc2-c2ccccc21.c1ccc2c(c1)Cc1ccccc1C21c2ccccc2-c2ccccc21. The molecule has 0 atom stereocenters. The van der Waals surface area contributed by atoms with Gasteiger partial charge in [-0.05, 0) is 192 Å². The average Bonchev–Trinajstić information content (AvgIpc) is 1.47. The lowest BCUT2D eigenvalue weighted by atomic mass is 9.49. The van der Waals surface area contributed by atoms with E-state index in [-0.39, 0.29) is 51.6 Å². The fourth-order valence-electron chi connectivity index (χ4n) is 13.6. The first kappa shape index (κ1) is 67.1. The molecule has 7 aliphatic rings. The van der Waals surface area contributed by atoms with Crippen molar-refractivity contribution in [1.29, 1.82) is 10.5 Å². The highest BCUT2D eigenvalue weighted by Gasteiger charge is 2.64. The molecule has 3 heterocycles. The Morgan fingerprint density at radius 2 is 0.489 bits per heavy atom. The van der Waals surface area contributed by atoms with Crippen molar-refractivity contribution >= 4 is 21.1 Å². The molecule has 8 aromatic carbocycles. The Kier molecular flexibility index (Phi) is 19.8. The predicted molar refractivity (Wildman–Crippen MR) is 370 cm³/mol. The molecular formula is C79H91B3N2O6. The first-order valence-electron chi connectivity index (χ1n) is 32.4. The standard InChI is InChI=1S/2C26H18.C12H24B2O4.C7H15BO2.2C3H5N.C2H6/c2*1-5-13-22-18(9-1)17-19-10-2-6-14-23(19)26(22)24-15-7-3-11-20(24)21-12-4-8-16-25(21)26;1-9(2)10(3,4)16-13(15-9)14-17-11(5,6)12(7,8)18-14;1-6(2)7(3,4)10-8(5)9-6;2*1-2-3-4;1-2/h2*1-16H,17H2;1-8H3;1-5H3;2*2H2,1H3;1-2H3. The maximum absolute atomic E-state index is 7.62. The van der Waals surface area contributed by atoms with Gasteiger partial charge in [0.1, 0.15) is 0 Å². The summed E-state index contributed by atoms with van der Waals surface area (Å²) in [7, 11) is -1.02. The lowest BCUT2D eigenvalue weighted by Crippen LogP contribution is -2.41. The Morgan fingerprint density at radius 3 is 0.678 bits per heavy atom. The highest BCUT2D eigenvalue weighted by atomic mass is 16.7. The number of nitriles is 2. The number of nitrogens with zero attached hydrogens (tertiary/aromatic N) is 2. The van der Waals surface area contributed by atoms with Crippen LogP contribution in [0.15, 0.2) is 194 Å². The maximum Gasteiger partial charge on any atom is 0.488 e. The molecular weight excluding hydrogens is 1110 g/mol. The Labute approximate surface area is 539 Å². The second-order valence-electron chi connectivity index (χ2n) is 26.8. The quantitative estimate of drug-likeness (QED) is 0.150. The minimum absolute atomic E-state index is 0.0648. The van der Waals surface area contributed by atoms with E-state index in [1.807, 2.05) is 102 Å². The Bertz CT molecular complexity index is 3460. The van der Waals surface area contributed by atoms with Crippen LogP contribution in [0.4, 0.5) is 0 Å². The van der Waals surface area contributed by atoms with Crippen LogP contribution in [0.2, 0.25) is 6.82 Å². The zero-order valence-corrected chi connectivity index (χ0v) is 56.4. The van der Waals surface area contributed by atoms with Crippen molar-refractivity contribution < 1.29 is 27.9 Å². The summed E-state index contributed by atoms with van der Waals surface area (Å²) in [6.07, 6.45) is 3.27. The van der Waals surface area contributed by atoms with Gasteiger partial charge in [0, 0.05) is 12.8 Å². The molecule has 0 aromatic heterocycles. The molecule has 0 bridgehead atoms. The lowest BCUT2D eigenvalue weighted by Gasteiger charge is -2.40. The Hall–Kier alpha value is -7.31. The number of rotatable bonds is 1. The molecule has 0 radical (unpaired) electrons. The molecule has 3 aliphatic heterocycles. The molecule has 4 aliphatic carbocycles. The van der Waals surface area contributed by atoms with Gasteiger partial charge in [-0.1, -0.05) is 222 Å². The van der Waals surface area contributed by atoms with E-state index in [4.69, 9.17) is 38.4 Å². The molecule has 3 saturated heterocycles. The van der Waals surface area contributed by atoms with Crippen LogP contribution in [-0.2, 0) is 51.6 Å². The minimum atomic E-state index is -0.476. The summed E-state index contributed by atoms with van der Waals surface area (Å²) in [6, 6.07) is 75.7. The highest BCUT2D eigenvalue weighted by Crippen LogP contribution is 2.61. The molecule has 8 aromatic rings. The molecule has 462 valence electrons. The maximum atomic E-state index is 7.62. The van der Waals surface area contributed by atoms with Crippen LogP contribution in [0, 0.1) is 22.7 Å². The topological polar surface area (TPSA) is 103 Å². The van der Waals surface area contributed by atoms with Crippen molar-refractivity contribution in [3.05, 3.63) is 261 Å². The number of hydrogen-bond donors (Lipinski definition) is 0. The minimum Gasteiger partial charge on any atom is -0.405 e. The third-order valence-electron chi connectivity index (χ3n) is 19.8. The molecule has 2 spiro atoms. The Morgan fingerprint density at radius 1 is 0.311 bits per heavy atom. The van der Waals surface area contributed by atoms with Crippen molar-refractivity contribution in [2.45, 2.75) is 188 Å². The largest absolute Gasteiger partial charge is 0.488 e. The molecule has 8 nitrogen and oxygen atoms in total. The fraction of sp³-hybridized carbons (Fsp3) is 0.367. The molecule has 0 unspecified atom stereocenters. The van der Waals surface area contributed by atoms with Crippen LogP contribution >= 0.6 is 0 Å². The smallest absolute Gasteiger partial charge is 0.405 e. The van der Waals surface area contributed by atoms with Crippen molar-refractivity contribution in [2.75, 3.05) is 0 Å². The van der Waals surface area contributed by atoms with Gasteiger partial charge >= 0.3 is 21.1 Å². The molecule has 0 saturated carbocycles. The fourth-order valence-corrected chi connectivity index (χ4v) is 13.6. The molecule has 0 N–H and O–H groups in total. The van der Waals surface area contributed by atoms with Crippen molar-refractivity contribution in [3.63, 3.8) is 0 Å². The number of benzene rings is 8. The van der Waals surface area contributed by atoms with Crippen LogP contribution < -0.4 is 0 Å². The van der Waals surface area contributed by atoms with Gasteiger partial charge in [0.2, 0.25) is 0 Å². The third-order valence-corrected chi connectivity index (χ3v) is 19.8. The van der Waals surface area contributed by atoms with Gasteiger partial charge in [0.25, 0.3) is 0 Å². The highest BCUT2D eigenvalue weighted by molar-refractivity contribution is 7.11. The van der Waals surface area contributed by atoms with Crippen LogP contribution in [-0.4, -0.2) is 54.7 Å². The molecule has 11 heteroatoms. The summed E-state index contributed by atoms with van der Waals surface area (Å²) in [6.45, 7) is 34.0. The summed E-state index contributed by atoms with van der Waals surface area (Å²) in [5.41, 5.74) is 20.5. The third kappa shape index (κ3) is 11.9. The van der Waals surface area contributed by atoms with E-state index in [0.717, 1.165) is 12.8 Å². The van der Waals surface area contributed by atoms with E-state index in [9.17, 15) is 0 Å². The lowest BCUT2D eigenvalue weighted by molar-refractivity contribution is 0.00578. The van der Waals surface area contributed by atoms with Crippen LogP contribution in [0.3, 0.4) is 0 Å². The first-order chi connectivity index (χ1) is 42.9. The van der Waals surface area contributed by atoms with E-state index >= 15 is 0 Å². The summed E-state index contributed by atoms with van der Waals surface area (Å²) in [5, 5.41) is 15.2. The normalized spacial score (nSPS) is 18.9. The van der Waals surface area contributed by atoms with E-state index in [0.29, 0.717) is 12.8 Å². The Balaban J connectivity index is 0.000000141. The number of fused-ring (bicyclic) bond motifs is 18. The number of hydrogen-bond acceptors (Lipinski definition) is 8. The zero-order valence-electron chi connectivity index (χ0n) is 56.4. The second-order valence-corrected chi connectivity index (χ2v) is 26.8. The summed E-state index contributed by atoms with van der Waals surface area (Å²) in [4.78, 5) is 0. The van der Waals surface area contributed by atoms with Gasteiger partial charge in [-0.2, -0.15) is 10.5 Å². The summed E-state index contributed by atoms with van der Waals surface area (Å²) in [5.74, 6) is 0. The van der Waals surface area contributed by atoms with Gasteiger partial charge in [0.15, 0.2) is 0 Å². The average molecular weight is 1200 g/mol. The molecule has 3 fully saturated rings. The summed E-state index contributed by atoms with van der Waals surface area (Å²) < 4.78 is 34.9. The second kappa shape index (κ2) is 26.5. The van der Waals surface area contributed by atoms with Gasteiger partial charge in [-0.3, -0.25) is 0 Å². The van der Waals surface area contributed by atoms with Gasteiger partial charge in [0.05, 0.1) is 56.6 Å². The zero-order chi connectivity index (χ0) is 65.1. The van der Waals surface area contributed by atoms with Gasteiger partial charge < -0.3 is 27.9 Å². The van der Waals surface area contributed by atoms with Crippen molar-refractivity contribution in [1.82, 2.24) is 0 Å². The van der Waals surface area contributed by atoms with E-state index in [1.165, 1.54) is 89.0 Å². The van der Waals surface area contributed by atoms with Gasteiger partial charge in [-0.15, -0.1) is 0 Å².